The van der Waals surface area contributed by atoms with Gasteiger partial charge in [-0.15, -0.1) is 22.7 Å². The van der Waals surface area contributed by atoms with Gasteiger partial charge < -0.3 is 10.4 Å². The third-order valence-corrected chi connectivity index (χ3v) is 4.68. The molecule has 2 aromatic rings. The fourth-order valence-electron chi connectivity index (χ4n) is 1.80. The zero-order valence-corrected chi connectivity index (χ0v) is 12.7. The summed E-state index contributed by atoms with van der Waals surface area (Å²) in [5, 5.41) is 15.5. The van der Waals surface area contributed by atoms with E-state index in [9.17, 15) is 4.79 Å². The maximum Gasteiger partial charge on any atom is 0.262 e. The second-order valence-corrected chi connectivity index (χ2v) is 5.95. The SMILES string of the molecule is CCc1ccsc1CNC(=O)c1sccc1C#CCO. The Kier molecular flexibility index (Phi) is 5.36. The van der Waals surface area contributed by atoms with Gasteiger partial charge in [-0.05, 0) is 34.9 Å². The Balaban J connectivity index is 2.04. The molecule has 1 amide bonds. The smallest absolute Gasteiger partial charge is 0.262 e. The minimum Gasteiger partial charge on any atom is -0.384 e. The number of hydrogen-bond acceptors (Lipinski definition) is 4. The summed E-state index contributed by atoms with van der Waals surface area (Å²) in [6.45, 7) is 2.45. The number of aryl methyl sites for hydroxylation is 1. The average molecular weight is 305 g/mol. The van der Waals surface area contributed by atoms with Crippen LogP contribution in [-0.4, -0.2) is 17.6 Å². The van der Waals surface area contributed by atoms with E-state index in [0.29, 0.717) is 17.0 Å². The van der Waals surface area contributed by atoms with E-state index in [1.54, 1.807) is 17.4 Å². The lowest BCUT2D eigenvalue weighted by atomic mass is 10.2. The number of carbonyl (C=O) groups excluding carboxylic acids is 1. The van der Waals surface area contributed by atoms with Gasteiger partial charge in [-0.2, -0.15) is 0 Å². The molecule has 0 bridgehead atoms. The summed E-state index contributed by atoms with van der Waals surface area (Å²) in [7, 11) is 0. The molecule has 0 saturated heterocycles. The molecule has 0 atom stereocenters. The Morgan fingerprint density at radius 2 is 2.15 bits per heavy atom. The molecule has 0 aliphatic heterocycles. The fraction of sp³-hybridized carbons (Fsp3) is 0.267. The third-order valence-electron chi connectivity index (χ3n) is 2.80. The molecule has 0 unspecified atom stereocenters. The Morgan fingerprint density at radius 1 is 1.35 bits per heavy atom. The molecule has 0 spiro atoms. The molecule has 3 nitrogen and oxygen atoms in total. The molecule has 2 aromatic heterocycles. The van der Waals surface area contributed by atoms with Gasteiger partial charge in [0.2, 0.25) is 0 Å². The van der Waals surface area contributed by atoms with Crippen LogP contribution in [-0.2, 0) is 13.0 Å². The topological polar surface area (TPSA) is 49.3 Å². The highest BCUT2D eigenvalue weighted by molar-refractivity contribution is 7.12. The Labute approximate surface area is 126 Å². The lowest BCUT2D eigenvalue weighted by molar-refractivity contribution is 0.0955. The minimum atomic E-state index is -0.202. The van der Waals surface area contributed by atoms with E-state index in [-0.39, 0.29) is 12.5 Å². The maximum absolute atomic E-state index is 12.2. The van der Waals surface area contributed by atoms with Crippen molar-refractivity contribution in [2.24, 2.45) is 0 Å². The molecular formula is C15H15NO2S2. The quantitative estimate of drug-likeness (QED) is 0.853. The van der Waals surface area contributed by atoms with Gasteiger partial charge in [0.05, 0.1) is 6.54 Å². The molecule has 0 fully saturated rings. The van der Waals surface area contributed by atoms with Gasteiger partial charge in [0, 0.05) is 10.4 Å². The highest BCUT2D eigenvalue weighted by Gasteiger charge is 2.12. The summed E-state index contributed by atoms with van der Waals surface area (Å²) in [5.41, 5.74) is 1.95. The number of rotatable bonds is 4. The third kappa shape index (κ3) is 3.48. The van der Waals surface area contributed by atoms with Crippen LogP contribution in [0.2, 0.25) is 0 Å². The zero-order chi connectivity index (χ0) is 14.4. The molecule has 2 rings (SSSR count). The summed E-state index contributed by atoms with van der Waals surface area (Å²) < 4.78 is 0. The van der Waals surface area contributed by atoms with Gasteiger partial charge in [0.25, 0.3) is 5.91 Å². The van der Waals surface area contributed by atoms with Crippen molar-refractivity contribution < 1.29 is 9.90 Å². The van der Waals surface area contributed by atoms with Crippen molar-refractivity contribution in [2.45, 2.75) is 19.9 Å². The van der Waals surface area contributed by atoms with E-state index in [0.717, 1.165) is 6.42 Å². The second-order valence-electron chi connectivity index (χ2n) is 4.03. The molecule has 20 heavy (non-hydrogen) atoms. The number of amides is 1. The highest BCUT2D eigenvalue weighted by Crippen LogP contribution is 2.19. The Morgan fingerprint density at radius 3 is 2.90 bits per heavy atom. The van der Waals surface area contributed by atoms with Crippen LogP contribution in [0.5, 0.6) is 0 Å². The molecule has 104 valence electrons. The molecular weight excluding hydrogens is 290 g/mol. The van der Waals surface area contributed by atoms with E-state index >= 15 is 0 Å². The van der Waals surface area contributed by atoms with E-state index in [2.05, 4.69) is 30.1 Å². The lowest BCUT2D eigenvalue weighted by Crippen LogP contribution is -2.22. The summed E-state index contributed by atoms with van der Waals surface area (Å²) in [6, 6.07) is 3.89. The molecule has 0 saturated carbocycles. The number of thiophene rings is 2. The van der Waals surface area contributed by atoms with Crippen molar-refractivity contribution in [2.75, 3.05) is 6.61 Å². The zero-order valence-electron chi connectivity index (χ0n) is 11.1. The first-order valence-electron chi connectivity index (χ1n) is 6.27. The van der Waals surface area contributed by atoms with E-state index in [4.69, 9.17) is 5.11 Å². The van der Waals surface area contributed by atoms with Crippen LogP contribution in [0, 0.1) is 11.8 Å². The molecule has 0 radical (unpaired) electrons. The largest absolute Gasteiger partial charge is 0.384 e. The predicted molar refractivity (Wildman–Crippen MR) is 83.2 cm³/mol. The molecule has 0 aliphatic rings. The molecule has 0 aromatic carbocycles. The molecule has 0 aliphatic carbocycles. The van der Waals surface area contributed by atoms with Crippen molar-refractivity contribution in [3.8, 4) is 11.8 Å². The Hall–Kier alpha value is -1.61. The lowest BCUT2D eigenvalue weighted by Gasteiger charge is -2.04. The van der Waals surface area contributed by atoms with Gasteiger partial charge in [-0.25, -0.2) is 0 Å². The second kappa shape index (κ2) is 7.25. The molecule has 5 heteroatoms. The normalized spacial score (nSPS) is 9.90. The highest BCUT2D eigenvalue weighted by atomic mass is 32.1. The van der Waals surface area contributed by atoms with Crippen LogP contribution >= 0.6 is 22.7 Å². The minimum absolute atomic E-state index is 0.113. The number of aliphatic hydroxyl groups excluding tert-OH is 1. The van der Waals surface area contributed by atoms with Crippen LogP contribution in [0.4, 0.5) is 0 Å². The summed E-state index contributed by atoms with van der Waals surface area (Å²) in [5.74, 6) is 5.25. The number of hydrogen-bond donors (Lipinski definition) is 2. The van der Waals surface area contributed by atoms with Crippen molar-refractivity contribution in [1.29, 1.82) is 0 Å². The van der Waals surface area contributed by atoms with Gasteiger partial charge >= 0.3 is 0 Å². The summed E-state index contributed by atoms with van der Waals surface area (Å²) in [4.78, 5) is 14.0. The van der Waals surface area contributed by atoms with Crippen molar-refractivity contribution in [3.05, 3.63) is 43.8 Å². The van der Waals surface area contributed by atoms with Gasteiger partial charge in [0.15, 0.2) is 0 Å². The summed E-state index contributed by atoms with van der Waals surface area (Å²) >= 11 is 3.02. The average Bonchev–Trinajstić information content (AvgIpc) is 3.10. The van der Waals surface area contributed by atoms with Crippen LogP contribution < -0.4 is 5.32 Å². The predicted octanol–water partition coefficient (Wildman–Crippen LogP) is 2.65. The van der Waals surface area contributed by atoms with Gasteiger partial charge in [-0.1, -0.05) is 18.8 Å². The number of aliphatic hydroxyl groups is 1. The first-order valence-corrected chi connectivity index (χ1v) is 8.02. The number of nitrogens with one attached hydrogen (secondary N) is 1. The van der Waals surface area contributed by atoms with Crippen LogP contribution in [0.3, 0.4) is 0 Å². The first kappa shape index (κ1) is 14.8. The van der Waals surface area contributed by atoms with Gasteiger partial charge in [0.1, 0.15) is 11.5 Å². The summed E-state index contributed by atoms with van der Waals surface area (Å²) in [6.07, 6.45) is 0.973. The van der Waals surface area contributed by atoms with Crippen LogP contribution in [0.25, 0.3) is 0 Å². The van der Waals surface area contributed by atoms with Crippen LogP contribution in [0.15, 0.2) is 22.9 Å². The monoisotopic (exact) mass is 305 g/mol. The molecule has 2 N–H and O–H groups in total. The standard InChI is InChI=1S/C15H15NO2S2/c1-2-11-5-8-19-13(11)10-16-15(18)14-12(4-3-7-17)6-9-20-14/h5-6,8-9,17H,2,7,10H2,1H3,(H,16,18). The van der Waals surface area contributed by atoms with Crippen molar-refractivity contribution in [3.63, 3.8) is 0 Å². The first-order chi connectivity index (χ1) is 9.76. The fourth-order valence-corrected chi connectivity index (χ4v) is 3.48. The van der Waals surface area contributed by atoms with Crippen molar-refractivity contribution in [1.82, 2.24) is 5.32 Å². The maximum atomic E-state index is 12.2. The Bertz CT molecular complexity index is 646. The van der Waals surface area contributed by atoms with Gasteiger partial charge in [-0.3, -0.25) is 4.79 Å². The molecule has 2 heterocycles. The van der Waals surface area contributed by atoms with Crippen LogP contribution in [0.1, 0.15) is 32.6 Å². The van der Waals surface area contributed by atoms with E-state index < -0.39 is 0 Å². The van der Waals surface area contributed by atoms with E-state index in [1.165, 1.54) is 21.8 Å². The number of carbonyl (C=O) groups is 1. The van der Waals surface area contributed by atoms with Crippen molar-refractivity contribution >= 4 is 28.6 Å². The van der Waals surface area contributed by atoms with E-state index in [1.807, 2.05) is 10.8 Å².